The van der Waals surface area contributed by atoms with Gasteiger partial charge in [-0.1, -0.05) is 35.3 Å². The quantitative estimate of drug-likeness (QED) is 0.874. The largest absolute Gasteiger partial charge is 0.495 e. The van der Waals surface area contributed by atoms with Crippen LogP contribution in [0.5, 0.6) is 5.75 Å². The molecule has 1 heterocycles. The molecule has 0 bridgehead atoms. The monoisotopic (exact) mass is 378 g/mol. The van der Waals surface area contributed by atoms with Crippen molar-refractivity contribution in [1.29, 1.82) is 0 Å². The number of nitrogens with one attached hydrogen (secondary N) is 1. The van der Waals surface area contributed by atoms with Crippen LogP contribution in [0, 0.1) is 5.92 Å². The number of methoxy groups -OCH3 is 1. The Morgan fingerprint density at radius 1 is 1.24 bits per heavy atom. The Kier molecular flexibility index (Phi) is 5.16. The molecule has 0 aromatic heterocycles. The average Bonchev–Trinajstić information content (AvgIpc) is 2.99. The van der Waals surface area contributed by atoms with E-state index in [1.54, 1.807) is 36.4 Å². The molecular formula is C18H16Cl2N2O3. The number of anilines is 2. The van der Waals surface area contributed by atoms with Crippen molar-refractivity contribution in [2.75, 3.05) is 23.9 Å². The predicted octanol–water partition coefficient (Wildman–Crippen LogP) is 3.99. The van der Waals surface area contributed by atoms with Crippen molar-refractivity contribution in [2.45, 2.75) is 6.42 Å². The van der Waals surface area contributed by atoms with Gasteiger partial charge in [0, 0.05) is 18.0 Å². The smallest absolute Gasteiger partial charge is 0.229 e. The topological polar surface area (TPSA) is 58.6 Å². The van der Waals surface area contributed by atoms with Crippen molar-refractivity contribution in [3.8, 4) is 5.75 Å². The van der Waals surface area contributed by atoms with Crippen molar-refractivity contribution in [3.05, 3.63) is 52.5 Å². The molecule has 25 heavy (non-hydrogen) atoms. The van der Waals surface area contributed by atoms with E-state index in [0.717, 1.165) is 0 Å². The number of carbonyl (C=O) groups excluding carboxylic acids is 2. The lowest BCUT2D eigenvalue weighted by Gasteiger charge is -2.18. The van der Waals surface area contributed by atoms with E-state index in [4.69, 9.17) is 27.9 Å². The number of rotatable bonds is 4. The summed E-state index contributed by atoms with van der Waals surface area (Å²) < 4.78 is 5.23. The number of carbonyl (C=O) groups is 2. The molecule has 0 aliphatic carbocycles. The molecule has 1 N–H and O–H groups in total. The number of hydrogen-bond donors (Lipinski definition) is 1. The highest BCUT2D eigenvalue weighted by atomic mass is 35.5. The molecular weight excluding hydrogens is 363 g/mol. The molecule has 2 amide bonds. The molecule has 1 atom stereocenters. The lowest BCUT2D eigenvalue weighted by molar-refractivity contribution is -0.122. The molecule has 0 spiro atoms. The standard InChI is InChI=1S/C18H16Cl2N2O3/c1-25-16-5-3-2-4-14(16)21-18(24)11-8-17(23)22(10-11)15-9-12(19)6-7-13(15)20/h2-7,9,11H,8,10H2,1H3,(H,21,24)/t11-/m0/s1. The maximum Gasteiger partial charge on any atom is 0.229 e. The van der Waals surface area contributed by atoms with Crippen molar-refractivity contribution in [2.24, 2.45) is 5.92 Å². The Bertz CT molecular complexity index is 826. The summed E-state index contributed by atoms with van der Waals surface area (Å²) in [6.07, 6.45) is 0.115. The van der Waals surface area contributed by atoms with Crippen LogP contribution < -0.4 is 15.0 Å². The molecule has 3 rings (SSSR count). The first kappa shape index (κ1) is 17.6. The zero-order valence-electron chi connectivity index (χ0n) is 13.5. The van der Waals surface area contributed by atoms with Gasteiger partial charge in [-0.25, -0.2) is 0 Å². The van der Waals surface area contributed by atoms with Gasteiger partial charge in [-0.05, 0) is 30.3 Å². The summed E-state index contributed by atoms with van der Waals surface area (Å²) in [5, 5.41) is 3.72. The predicted molar refractivity (Wildman–Crippen MR) is 98.5 cm³/mol. The molecule has 2 aromatic carbocycles. The number of nitrogens with zero attached hydrogens (tertiary/aromatic N) is 1. The van der Waals surface area contributed by atoms with Crippen molar-refractivity contribution in [3.63, 3.8) is 0 Å². The number of halogens is 2. The van der Waals surface area contributed by atoms with E-state index in [9.17, 15) is 9.59 Å². The van der Waals surface area contributed by atoms with Crippen LogP contribution in [0.3, 0.4) is 0 Å². The molecule has 1 aliphatic heterocycles. The van der Waals surface area contributed by atoms with Gasteiger partial charge in [0.25, 0.3) is 0 Å². The minimum absolute atomic E-state index is 0.115. The van der Waals surface area contributed by atoms with Crippen molar-refractivity contribution < 1.29 is 14.3 Å². The number of para-hydroxylation sites is 2. The van der Waals surface area contributed by atoms with E-state index in [2.05, 4.69) is 5.32 Å². The van der Waals surface area contributed by atoms with Gasteiger partial charge < -0.3 is 15.0 Å². The van der Waals surface area contributed by atoms with Gasteiger partial charge in [-0.15, -0.1) is 0 Å². The van der Waals surface area contributed by atoms with Gasteiger partial charge in [0.15, 0.2) is 0 Å². The molecule has 130 valence electrons. The lowest BCUT2D eigenvalue weighted by Crippen LogP contribution is -2.28. The summed E-state index contributed by atoms with van der Waals surface area (Å²) >= 11 is 12.2. The van der Waals surface area contributed by atoms with E-state index in [0.29, 0.717) is 27.2 Å². The number of amides is 2. The van der Waals surface area contributed by atoms with Crippen LogP contribution in [0.1, 0.15) is 6.42 Å². The average molecular weight is 379 g/mol. The molecule has 0 unspecified atom stereocenters. The lowest BCUT2D eigenvalue weighted by atomic mass is 10.1. The summed E-state index contributed by atoms with van der Waals surface area (Å²) in [5.41, 5.74) is 1.09. The van der Waals surface area contributed by atoms with Crippen molar-refractivity contribution >= 4 is 46.4 Å². The molecule has 5 nitrogen and oxygen atoms in total. The summed E-state index contributed by atoms with van der Waals surface area (Å²) in [4.78, 5) is 26.4. The Balaban J connectivity index is 1.76. The summed E-state index contributed by atoms with van der Waals surface area (Å²) in [7, 11) is 1.53. The highest BCUT2D eigenvalue weighted by Crippen LogP contribution is 2.34. The Morgan fingerprint density at radius 3 is 2.76 bits per heavy atom. The fourth-order valence-corrected chi connectivity index (χ4v) is 3.18. The van der Waals surface area contributed by atoms with E-state index < -0.39 is 5.92 Å². The third-order valence-electron chi connectivity index (χ3n) is 4.06. The third kappa shape index (κ3) is 3.72. The van der Waals surface area contributed by atoms with Gasteiger partial charge in [0.05, 0.1) is 29.4 Å². The molecule has 1 aliphatic rings. The zero-order chi connectivity index (χ0) is 18.0. The Labute approximate surface area is 155 Å². The van der Waals surface area contributed by atoms with Crippen LogP contribution >= 0.6 is 23.2 Å². The van der Waals surface area contributed by atoms with E-state index >= 15 is 0 Å². The second-order valence-electron chi connectivity index (χ2n) is 5.69. The number of ether oxygens (including phenoxy) is 1. The van der Waals surface area contributed by atoms with Gasteiger partial charge in [-0.3, -0.25) is 9.59 Å². The van der Waals surface area contributed by atoms with Gasteiger partial charge in [0.2, 0.25) is 11.8 Å². The Hall–Kier alpha value is -2.24. The molecule has 0 saturated carbocycles. The van der Waals surface area contributed by atoms with Gasteiger partial charge in [-0.2, -0.15) is 0 Å². The third-order valence-corrected chi connectivity index (χ3v) is 4.61. The minimum Gasteiger partial charge on any atom is -0.495 e. The summed E-state index contributed by atoms with van der Waals surface area (Å²) in [6, 6.07) is 12.0. The summed E-state index contributed by atoms with van der Waals surface area (Å²) in [5.74, 6) is -0.315. The second kappa shape index (κ2) is 7.33. The highest BCUT2D eigenvalue weighted by Gasteiger charge is 2.36. The minimum atomic E-state index is -0.479. The van der Waals surface area contributed by atoms with Crippen LogP contribution in [-0.4, -0.2) is 25.5 Å². The SMILES string of the molecule is COc1ccccc1NC(=O)[C@H]1CC(=O)N(c2cc(Cl)ccc2Cl)C1. The molecule has 0 radical (unpaired) electrons. The van der Waals surface area contributed by atoms with E-state index in [1.807, 2.05) is 6.07 Å². The van der Waals surface area contributed by atoms with Crippen LogP contribution in [0.4, 0.5) is 11.4 Å². The number of benzene rings is 2. The van der Waals surface area contributed by atoms with Crippen LogP contribution in [0.15, 0.2) is 42.5 Å². The van der Waals surface area contributed by atoms with E-state index in [1.165, 1.54) is 12.0 Å². The first-order chi connectivity index (χ1) is 12.0. The fraction of sp³-hybridized carbons (Fsp3) is 0.222. The maximum atomic E-state index is 12.6. The zero-order valence-corrected chi connectivity index (χ0v) is 15.0. The summed E-state index contributed by atoms with van der Waals surface area (Å²) in [6.45, 7) is 0.250. The molecule has 2 aromatic rings. The van der Waals surface area contributed by atoms with Crippen LogP contribution in [0.25, 0.3) is 0 Å². The Morgan fingerprint density at radius 2 is 2.00 bits per heavy atom. The highest BCUT2D eigenvalue weighted by molar-refractivity contribution is 6.36. The normalized spacial score (nSPS) is 16.8. The van der Waals surface area contributed by atoms with Crippen LogP contribution in [0.2, 0.25) is 10.0 Å². The molecule has 7 heteroatoms. The maximum absolute atomic E-state index is 12.6. The van der Waals surface area contributed by atoms with Crippen molar-refractivity contribution in [1.82, 2.24) is 0 Å². The van der Waals surface area contributed by atoms with E-state index in [-0.39, 0.29) is 24.8 Å². The van der Waals surface area contributed by atoms with Gasteiger partial charge in [0.1, 0.15) is 5.75 Å². The molecule has 1 fully saturated rings. The van der Waals surface area contributed by atoms with Gasteiger partial charge >= 0.3 is 0 Å². The molecule has 1 saturated heterocycles. The fourth-order valence-electron chi connectivity index (χ4n) is 2.79. The first-order valence-corrected chi connectivity index (χ1v) is 8.44. The van der Waals surface area contributed by atoms with Crippen LogP contribution in [-0.2, 0) is 9.59 Å². The second-order valence-corrected chi connectivity index (χ2v) is 6.53. The number of hydrogen-bond acceptors (Lipinski definition) is 3. The first-order valence-electron chi connectivity index (χ1n) is 7.69.